The summed E-state index contributed by atoms with van der Waals surface area (Å²) in [6.07, 6.45) is 1.56. The van der Waals surface area contributed by atoms with Crippen LogP contribution in [0.25, 0.3) is 0 Å². The number of halogens is 1. The zero-order valence-corrected chi connectivity index (χ0v) is 11.7. The first-order chi connectivity index (χ1) is 9.10. The third kappa shape index (κ3) is 3.43. The van der Waals surface area contributed by atoms with E-state index in [9.17, 15) is 5.11 Å². The average Bonchev–Trinajstić information content (AvgIpc) is 2.39. The van der Waals surface area contributed by atoms with Crippen LogP contribution < -0.4 is 4.90 Å². The quantitative estimate of drug-likeness (QED) is 0.933. The van der Waals surface area contributed by atoms with Crippen LogP contribution in [0.3, 0.4) is 0 Å². The molecule has 1 N–H and O–H groups in total. The van der Waals surface area contributed by atoms with Gasteiger partial charge in [-0.15, -0.1) is 0 Å². The van der Waals surface area contributed by atoms with E-state index in [-0.39, 0.29) is 6.61 Å². The van der Waals surface area contributed by atoms with E-state index in [0.29, 0.717) is 17.1 Å². The molecule has 0 saturated heterocycles. The Hall–Kier alpha value is -1.65. The van der Waals surface area contributed by atoms with Crippen LogP contribution in [0.15, 0.2) is 30.5 Å². The summed E-state index contributed by atoms with van der Waals surface area (Å²) in [6, 6.07) is 7.72. The lowest BCUT2D eigenvalue weighted by Crippen LogP contribution is -2.18. The summed E-state index contributed by atoms with van der Waals surface area (Å²) < 4.78 is 0. The van der Waals surface area contributed by atoms with E-state index in [0.717, 1.165) is 17.2 Å². The molecule has 0 aliphatic rings. The second kappa shape index (κ2) is 5.99. The molecule has 0 saturated carbocycles. The molecule has 0 amide bonds. The van der Waals surface area contributed by atoms with Gasteiger partial charge >= 0.3 is 0 Å². The molecule has 2 aromatic heterocycles. The Morgan fingerprint density at radius 3 is 2.84 bits per heavy atom. The molecular formula is C14H16ClN3O. The van der Waals surface area contributed by atoms with Gasteiger partial charge in [0.1, 0.15) is 5.82 Å². The fourth-order valence-electron chi connectivity index (χ4n) is 1.81. The van der Waals surface area contributed by atoms with Gasteiger partial charge in [-0.1, -0.05) is 17.7 Å². The molecule has 100 valence electrons. The number of hydrogen-bond donors (Lipinski definition) is 1. The summed E-state index contributed by atoms with van der Waals surface area (Å²) in [5, 5.41) is 9.69. The molecule has 0 aromatic carbocycles. The number of hydrogen-bond acceptors (Lipinski definition) is 4. The van der Waals surface area contributed by atoms with Gasteiger partial charge < -0.3 is 10.0 Å². The second-order valence-corrected chi connectivity index (χ2v) is 4.83. The molecule has 0 fully saturated rings. The minimum Gasteiger partial charge on any atom is -0.392 e. The van der Waals surface area contributed by atoms with Crippen molar-refractivity contribution in [2.45, 2.75) is 20.1 Å². The maximum Gasteiger partial charge on any atom is 0.129 e. The number of nitrogens with zero attached hydrogens (tertiary/aromatic N) is 3. The van der Waals surface area contributed by atoms with Crippen LogP contribution in [-0.4, -0.2) is 22.1 Å². The molecule has 0 radical (unpaired) electrons. The zero-order chi connectivity index (χ0) is 13.8. The highest BCUT2D eigenvalue weighted by molar-refractivity contribution is 6.31. The molecule has 4 nitrogen and oxygen atoms in total. The van der Waals surface area contributed by atoms with Gasteiger partial charge in [-0.05, 0) is 25.1 Å². The van der Waals surface area contributed by atoms with Crippen molar-refractivity contribution < 1.29 is 5.11 Å². The lowest BCUT2D eigenvalue weighted by atomic mass is 10.2. The Labute approximate surface area is 117 Å². The van der Waals surface area contributed by atoms with E-state index in [1.54, 1.807) is 12.3 Å². The van der Waals surface area contributed by atoms with Crippen molar-refractivity contribution in [3.05, 3.63) is 52.4 Å². The highest BCUT2D eigenvalue weighted by Crippen LogP contribution is 2.20. The minimum absolute atomic E-state index is 0.0924. The molecule has 0 spiro atoms. The normalized spacial score (nSPS) is 10.5. The minimum atomic E-state index is -0.0924. The van der Waals surface area contributed by atoms with Crippen molar-refractivity contribution in [2.75, 3.05) is 11.9 Å². The summed E-state index contributed by atoms with van der Waals surface area (Å²) in [4.78, 5) is 10.7. The molecule has 0 bridgehead atoms. The number of aliphatic hydroxyl groups excluding tert-OH is 1. The maximum absolute atomic E-state index is 9.21. The summed E-state index contributed by atoms with van der Waals surface area (Å²) >= 11 is 5.93. The highest BCUT2D eigenvalue weighted by Gasteiger charge is 2.08. The van der Waals surface area contributed by atoms with Gasteiger partial charge in [0, 0.05) is 24.5 Å². The number of rotatable bonds is 4. The molecule has 2 rings (SSSR count). The standard InChI is InChI=1S/C14H16ClN3O/c1-10-4-3-5-12(17-10)8-18(2)14-6-11(9-19)13(15)7-16-14/h3-7,19H,8-9H2,1-2H3. The smallest absolute Gasteiger partial charge is 0.129 e. The van der Waals surface area contributed by atoms with Crippen LogP contribution in [0.1, 0.15) is 17.0 Å². The summed E-state index contributed by atoms with van der Waals surface area (Å²) in [7, 11) is 1.93. The monoisotopic (exact) mass is 277 g/mol. The van der Waals surface area contributed by atoms with Crippen molar-refractivity contribution in [1.29, 1.82) is 0 Å². The average molecular weight is 278 g/mol. The zero-order valence-electron chi connectivity index (χ0n) is 11.0. The molecule has 2 heterocycles. The van der Waals surface area contributed by atoms with E-state index in [1.165, 1.54) is 0 Å². The SMILES string of the molecule is Cc1cccc(CN(C)c2cc(CO)c(Cl)cn2)n1. The number of aromatic nitrogens is 2. The fraction of sp³-hybridized carbons (Fsp3) is 0.286. The van der Waals surface area contributed by atoms with Gasteiger partial charge in [0.25, 0.3) is 0 Å². The van der Waals surface area contributed by atoms with Gasteiger partial charge in [0.2, 0.25) is 0 Å². The maximum atomic E-state index is 9.21. The third-order valence-corrected chi connectivity index (χ3v) is 3.17. The van der Waals surface area contributed by atoms with Crippen LogP contribution >= 0.6 is 11.6 Å². The first-order valence-corrected chi connectivity index (χ1v) is 6.37. The lowest BCUT2D eigenvalue weighted by molar-refractivity contribution is 0.282. The van der Waals surface area contributed by atoms with E-state index in [1.807, 2.05) is 37.1 Å². The summed E-state index contributed by atoms with van der Waals surface area (Å²) in [6.45, 7) is 2.53. The lowest BCUT2D eigenvalue weighted by Gasteiger charge is -2.18. The van der Waals surface area contributed by atoms with Crippen molar-refractivity contribution in [3.8, 4) is 0 Å². The van der Waals surface area contributed by atoms with Crippen LogP contribution in [0.5, 0.6) is 0 Å². The Balaban J connectivity index is 2.18. The number of anilines is 1. The van der Waals surface area contributed by atoms with E-state index < -0.39 is 0 Å². The number of pyridine rings is 2. The van der Waals surface area contributed by atoms with Gasteiger partial charge in [-0.2, -0.15) is 0 Å². The Kier molecular flexibility index (Phi) is 4.35. The second-order valence-electron chi connectivity index (χ2n) is 4.42. The van der Waals surface area contributed by atoms with Gasteiger partial charge in [0.15, 0.2) is 0 Å². The predicted octanol–water partition coefficient (Wildman–Crippen LogP) is 2.57. The number of aliphatic hydroxyl groups is 1. The highest BCUT2D eigenvalue weighted by atomic mass is 35.5. The molecule has 0 unspecified atom stereocenters. The first kappa shape index (κ1) is 13.8. The van der Waals surface area contributed by atoms with Gasteiger partial charge in [-0.25, -0.2) is 4.98 Å². The van der Waals surface area contributed by atoms with Crippen LogP contribution in [0.4, 0.5) is 5.82 Å². The van der Waals surface area contributed by atoms with Gasteiger partial charge in [0.05, 0.1) is 23.9 Å². The van der Waals surface area contributed by atoms with Crippen molar-refractivity contribution in [2.24, 2.45) is 0 Å². The van der Waals surface area contributed by atoms with E-state index in [2.05, 4.69) is 9.97 Å². The van der Waals surface area contributed by atoms with Crippen molar-refractivity contribution >= 4 is 17.4 Å². The van der Waals surface area contributed by atoms with Crippen LogP contribution in [0.2, 0.25) is 5.02 Å². The molecule has 0 aliphatic carbocycles. The Morgan fingerprint density at radius 1 is 1.37 bits per heavy atom. The molecule has 2 aromatic rings. The van der Waals surface area contributed by atoms with Crippen molar-refractivity contribution in [3.63, 3.8) is 0 Å². The predicted molar refractivity (Wildman–Crippen MR) is 76.3 cm³/mol. The summed E-state index contributed by atoms with van der Waals surface area (Å²) in [5.41, 5.74) is 2.64. The van der Waals surface area contributed by atoms with E-state index >= 15 is 0 Å². The summed E-state index contributed by atoms with van der Waals surface area (Å²) in [5.74, 6) is 0.761. The molecule has 0 atom stereocenters. The topological polar surface area (TPSA) is 49.2 Å². The number of aryl methyl sites for hydroxylation is 1. The molecular weight excluding hydrogens is 262 g/mol. The Morgan fingerprint density at radius 2 is 2.16 bits per heavy atom. The first-order valence-electron chi connectivity index (χ1n) is 5.99. The van der Waals surface area contributed by atoms with Crippen LogP contribution in [-0.2, 0) is 13.2 Å². The fourth-order valence-corrected chi connectivity index (χ4v) is 1.97. The molecule has 19 heavy (non-hydrogen) atoms. The van der Waals surface area contributed by atoms with Crippen LogP contribution in [0, 0.1) is 6.92 Å². The molecule has 5 heteroatoms. The Bertz CT molecular complexity index is 574. The van der Waals surface area contributed by atoms with Gasteiger partial charge in [-0.3, -0.25) is 4.98 Å². The van der Waals surface area contributed by atoms with Crippen molar-refractivity contribution in [1.82, 2.24) is 9.97 Å². The molecule has 0 aliphatic heterocycles. The van der Waals surface area contributed by atoms with E-state index in [4.69, 9.17) is 11.6 Å². The largest absolute Gasteiger partial charge is 0.392 e. The third-order valence-electron chi connectivity index (χ3n) is 2.83.